The van der Waals surface area contributed by atoms with E-state index in [9.17, 15) is 14.4 Å². The van der Waals surface area contributed by atoms with E-state index < -0.39 is 6.09 Å². The molecule has 3 aliphatic rings. The number of likely N-dealkylation sites (tertiary alicyclic amines) is 2. The van der Waals surface area contributed by atoms with Crippen LogP contribution in [0.3, 0.4) is 0 Å². The fourth-order valence-electron chi connectivity index (χ4n) is 4.85. The van der Waals surface area contributed by atoms with E-state index in [0.29, 0.717) is 32.8 Å². The summed E-state index contributed by atoms with van der Waals surface area (Å²) in [5.41, 5.74) is 2.30. The van der Waals surface area contributed by atoms with Gasteiger partial charge < -0.3 is 19.4 Å². The zero-order valence-corrected chi connectivity index (χ0v) is 17.2. The van der Waals surface area contributed by atoms with Crippen molar-refractivity contribution in [3.63, 3.8) is 0 Å². The molecule has 0 bridgehead atoms. The number of benzene rings is 1. The first-order valence-corrected chi connectivity index (χ1v) is 10.1. The number of hydrogen-bond acceptors (Lipinski definition) is 4. The van der Waals surface area contributed by atoms with Gasteiger partial charge in [0, 0.05) is 45.6 Å². The van der Waals surface area contributed by atoms with Gasteiger partial charge in [-0.15, -0.1) is 0 Å². The number of fused-ring (bicyclic) bond motifs is 1. The van der Waals surface area contributed by atoms with Gasteiger partial charge in [0.05, 0.1) is 12.6 Å². The highest BCUT2D eigenvalue weighted by atomic mass is 16.6. The van der Waals surface area contributed by atoms with E-state index in [1.165, 1.54) is 4.90 Å². The second kappa shape index (κ2) is 7.57. The molecule has 29 heavy (non-hydrogen) atoms. The molecule has 0 saturated carbocycles. The molecule has 0 aromatic heterocycles. The third kappa shape index (κ3) is 3.52. The van der Waals surface area contributed by atoms with Crippen molar-refractivity contribution in [2.24, 2.45) is 11.8 Å². The number of amides is 4. The molecule has 1 aromatic carbocycles. The first-order valence-electron chi connectivity index (χ1n) is 10.1. The Kier molecular flexibility index (Phi) is 5.10. The minimum Gasteiger partial charge on any atom is -0.448 e. The molecule has 0 N–H and O–H groups in total. The third-order valence-corrected chi connectivity index (χ3v) is 6.32. The molecule has 0 spiro atoms. The van der Waals surface area contributed by atoms with Crippen LogP contribution in [-0.2, 0) is 9.53 Å². The van der Waals surface area contributed by atoms with Crippen LogP contribution in [0.15, 0.2) is 24.3 Å². The molecular weight excluding hydrogens is 372 g/mol. The first-order chi connectivity index (χ1) is 13.9. The molecule has 3 saturated heterocycles. The van der Waals surface area contributed by atoms with Crippen molar-refractivity contribution < 1.29 is 19.1 Å². The van der Waals surface area contributed by atoms with Crippen LogP contribution < -0.4 is 0 Å². The molecule has 3 atom stereocenters. The van der Waals surface area contributed by atoms with Crippen molar-refractivity contribution in [2.45, 2.75) is 13.0 Å². The van der Waals surface area contributed by atoms with Gasteiger partial charge in [0.25, 0.3) is 0 Å². The second-order valence-corrected chi connectivity index (χ2v) is 8.39. The molecule has 1 aromatic rings. The number of carbonyl (C=O) groups excluding carboxylic acids is 3. The molecule has 156 valence electrons. The van der Waals surface area contributed by atoms with Crippen LogP contribution in [0.4, 0.5) is 9.59 Å². The number of hydrogen-bond donors (Lipinski definition) is 0. The van der Waals surface area contributed by atoms with E-state index in [1.54, 1.807) is 19.0 Å². The van der Waals surface area contributed by atoms with Crippen LogP contribution in [-0.4, -0.2) is 91.1 Å². The lowest BCUT2D eigenvalue weighted by Gasteiger charge is -2.32. The molecule has 8 heteroatoms. The number of rotatable bonds is 3. The predicted octanol–water partition coefficient (Wildman–Crippen LogP) is 1.56. The Morgan fingerprint density at radius 1 is 1.17 bits per heavy atom. The Morgan fingerprint density at radius 3 is 2.59 bits per heavy atom. The summed E-state index contributed by atoms with van der Waals surface area (Å²) < 4.78 is 4.92. The largest absolute Gasteiger partial charge is 0.448 e. The minimum absolute atomic E-state index is 0.00495. The quantitative estimate of drug-likeness (QED) is 0.772. The number of urea groups is 1. The number of ether oxygens (including phenoxy) is 1. The van der Waals surface area contributed by atoms with Gasteiger partial charge in [0.15, 0.2) is 0 Å². The molecule has 4 amide bonds. The topological polar surface area (TPSA) is 73.4 Å². The summed E-state index contributed by atoms with van der Waals surface area (Å²) in [6.45, 7) is 4.78. The van der Waals surface area contributed by atoms with E-state index in [2.05, 4.69) is 19.1 Å². The van der Waals surface area contributed by atoms with Crippen LogP contribution in [0.25, 0.3) is 0 Å². The van der Waals surface area contributed by atoms with E-state index in [0.717, 1.165) is 11.1 Å². The van der Waals surface area contributed by atoms with E-state index in [-0.39, 0.29) is 36.4 Å². The molecule has 3 heterocycles. The van der Waals surface area contributed by atoms with Crippen LogP contribution in [0.2, 0.25) is 0 Å². The predicted molar refractivity (Wildman–Crippen MR) is 106 cm³/mol. The lowest BCUT2D eigenvalue weighted by Crippen LogP contribution is -2.44. The fraction of sp³-hybridized carbons (Fsp3) is 0.571. The molecule has 8 nitrogen and oxygen atoms in total. The molecule has 4 rings (SSSR count). The number of cyclic esters (lactones) is 1. The van der Waals surface area contributed by atoms with Crippen molar-refractivity contribution in [1.29, 1.82) is 0 Å². The molecule has 0 radical (unpaired) electrons. The molecule has 3 fully saturated rings. The van der Waals surface area contributed by atoms with Crippen molar-refractivity contribution in [2.75, 3.05) is 53.4 Å². The lowest BCUT2D eigenvalue weighted by molar-refractivity contribution is -0.131. The minimum atomic E-state index is -0.418. The van der Waals surface area contributed by atoms with Gasteiger partial charge in [-0.3, -0.25) is 9.69 Å². The maximum Gasteiger partial charge on any atom is 0.410 e. The standard InChI is InChI=1S/C21H28N4O4/c1-14-6-4-5-7-16(14)19-17-12-24(18(26)13-23-8-9-29-21(23)28)10-15(17)11-25(19)20(27)22(2)3/h4-7,15,17,19H,8-13H2,1-3H3/t15-,17-,19+/m1/s1. The number of aryl methyl sites for hydroxylation is 1. The first kappa shape index (κ1) is 19.5. The molecular formula is C21H28N4O4. The lowest BCUT2D eigenvalue weighted by atomic mass is 9.88. The Labute approximate surface area is 171 Å². The van der Waals surface area contributed by atoms with E-state index in [4.69, 9.17) is 4.74 Å². The summed E-state index contributed by atoms with van der Waals surface area (Å²) in [6, 6.07) is 8.12. The maximum atomic E-state index is 12.9. The van der Waals surface area contributed by atoms with Gasteiger partial charge in [0.2, 0.25) is 5.91 Å². The Morgan fingerprint density at radius 2 is 1.93 bits per heavy atom. The smallest absolute Gasteiger partial charge is 0.410 e. The zero-order chi connectivity index (χ0) is 20.7. The van der Waals surface area contributed by atoms with Crippen LogP contribution >= 0.6 is 0 Å². The zero-order valence-electron chi connectivity index (χ0n) is 17.2. The van der Waals surface area contributed by atoms with Gasteiger partial charge >= 0.3 is 12.1 Å². The van der Waals surface area contributed by atoms with Gasteiger partial charge in [-0.05, 0) is 18.1 Å². The van der Waals surface area contributed by atoms with Crippen LogP contribution in [0.5, 0.6) is 0 Å². The Balaban J connectivity index is 1.54. The van der Waals surface area contributed by atoms with Crippen LogP contribution in [0, 0.1) is 18.8 Å². The highest BCUT2D eigenvalue weighted by Crippen LogP contribution is 2.46. The van der Waals surface area contributed by atoms with Crippen LogP contribution in [0.1, 0.15) is 17.2 Å². The van der Waals surface area contributed by atoms with Crippen molar-refractivity contribution in [3.05, 3.63) is 35.4 Å². The van der Waals surface area contributed by atoms with E-state index in [1.807, 2.05) is 21.9 Å². The van der Waals surface area contributed by atoms with Gasteiger partial charge in [-0.1, -0.05) is 24.3 Å². The monoisotopic (exact) mass is 400 g/mol. The highest BCUT2D eigenvalue weighted by molar-refractivity contribution is 5.83. The SMILES string of the molecule is Cc1ccccc1[C@H]1[C@@H]2CN(C(=O)CN3CCOC3=O)C[C@@H]2CN1C(=O)N(C)C. The normalized spacial score (nSPS) is 26.0. The average Bonchev–Trinajstić information content (AvgIpc) is 3.36. The fourth-order valence-corrected chi connectivity index (χ4v) is 4.85. The second-order valence-electron chi connectivity index (χ2n) is 8.39. The van der Waals surface area contributed by atoms with E-state index >= 15 is 0 Å². The van der Waals surface area contributed by atoms with Gasteiger partial charge in [-0.25, -0.2) is 9.59 Å². The summed E-state index contributed by atoms with van der Waals surface area (Å²) in [5, 5.41) is 0. The van der Waals surface area contributed by atoms with Crippen molar-refractivity contribution in [1.82, 2.24) is 19.6 Å². The Bertz CT molecular complexity index is 827. The summed E-state index contributed by atoms with van der Waals surface area (Å²) in [6.07, 6.45) is -0.418. The van der Waals surface area contributed by atoms with Gasteiger partial charge in [0.1, 0.15) is 13.2 Å². The summed E-state index contributed by atoms with van der Waals surface area (Å²) in [5.74, 6) is 0.375. The summed E-state index contributed by atoms with van der Waals surface area (Å²) in [4.78, 5) is 44.2. The number of nitrogens with zero attached hydrogens (tertiary/aromatic N) is 4. The summed E-state index contributed by atoms with van der Waals surface area (Å²) in [7, 11) is 3.55. The summed E-state index contributed by atoms with van der Waals surface area (Å²) >= 11 is 0. The number of carbonyl (C=O) groups is 3. The third-order valence-electron chi connectivity index (χ3n) is 6.32. The highest BCUT2D eigenvalue weighted by Gasteiger charge is 2.50. The molecule has 0 unspecified atom stereocenters. The Hall–Kier alpha value is -2.77. The van der Waals surface area contributed by atoms with Crippen molar-refractivity contribution >= 4 is 18.0 Å². The van der Waals surface area contributed by atoms with Gasteiger partial charge in [-0.2, -0.15) is 0 Å². The molecule has 0 aliphatic carbocycles. The van der Waals surface area contributed by atoms with Crippen molar-refractivity contribution in [3.8, 4) is 0 Å². The average molecular weight is 400 g/mol. The maximum absolute atomic E-state index is 12.9. The molecule has 3 aliphatic heterocycles.